The van der Waals surface area contributed by atoms with Crippen LogP contribution in [-0.4, -0.2) is 21.1 Å². The van der Waals surface area contributed by atoms with Crippen LogP contribution in [0.3, 0.4) is 0 Å². The Morgan fingerprint density at radius 2 is 1.96 bits per heavy atom. The molecule has 0 amide bonds. The number of H-pyrrole nitrogens is 1. The van der Waals surface area contributed by atoms with Crippen LogP contribution in [0, 0.1) is 4.77 Å². The molecule has 116 valence electrons. The van der Waals surface area contributed by atoms with Gasteiger partial charge < -0.3 is 0 Å². The predicted molar refractivity (Wildman–Crippen MR) is 100 cm³/mol. The van der Waals surface area contributed by atoms with E-state index < -0.39 is 0 Å². The number of hydrogen-bond acceptors (Lipinski definition) is 3. The molecule has 0 aliphatic rings. The molecule has 0 aliphatic heterocycles. The van der Waals surface area contributed by atoms with Crippen molar-refractivity contribution in [2.45, 2.75) is 0 Å². The number of nitrogens with one attached hydrogen (secondary N) is 1. The second-order valence-electron chi connectivity index (χ2n) is 4.53. The van der Waals surface area contributed by atoms with E-state index in [-0.39, 0.29) is 0 Å². The molecular weight excluding hydrogens is 419 g/mol. The molecule has 3 rings (SSSR count). The fourth-order valence-corrected chi connectivity index (χ4v) is 2.95. The summed E-state index contributed by atoms with van der Waals surface area (Å²) in [6.45, 7) is 0. The van der Waals surface area contributed by atoms with E-state index in [1.54, 1.807) is 18.3 Å². The van der Waals surface area contributed by atoms with E-state index in [4.69, 9.17) is 35.4 Å². The van der Waals surface area contributed by atoms with Gasteiger partial charge in [-0.1, -0.05) is 63.4 Å². The second kappa shape index (κ2) is 6.97. The van der Waals surface area contributed by atoms with Crippen molar-refractivity contribution in [3.63, 3.8) is 0 Å². The topological polar surface area (TPSA) is 46.0 Å². The van der Waals surface area contributed by atoms with Crippen molar-refractivity contribution < 1.29 is 0 Å². The molecule has 0 saturated heterocycles. The largest absolute Gasteiger partial charge is 0.250 e. The summed E-state index contributed by atoms with van der Waals surface area (Å²) in [6, 6.07) is 13.0. The molecule has 0 radical (unpaired) electrons. The van der Waals surface area contributed by atoms with Crippen LogP contribution in [0.15, 0.2) is 52.0 Å². The van der Waals surface area contributed by atoms with Gasteiger partial charge in [0.1, 0.15) is 0 Å². The van der Waals surface area contributed by atoms with Crippen molar-refractivity contribution in [1.82, 2.24) is 14.9 Å². The number of aromatic nitrogens is 3. The Labute approximate surface area is 155 Å². The molecule has 0 unspecified atom stereocenters. The van der Waals surface area contributed by atoms with Gasteiger partial charge in [0.25, 0.3) is 0 Å². The predicted octanol–water partition coefficient (Wildman–Crippen LogP) is 5.56. The molecular formula is C15H9BrCl2N4S. The van der Waals surface area contributed by atoms with Crippen LogP contribution >= 0.6 is 51.3 Å². The van der Waals surface area contributed by atoms with Gasteiger partial charge in [-0.05, 0) is 30.4 Å². The quantitative estimate of drug-likeness (QED) is 0.439. The van der Waals surface area contributed by atoms with Crippen LogP contribution < -0.4 is 0 Å². The van der Waals surface area contributed by atoms with Crippen LogP contribution in [0.5, 0.6) is 0 Å². The van der Waals surface area contributed by atoms with Crippen LogP contribution in [-0.2, 0) is 0 Å². The summed E-state index contributed by atoms with van der Waals surface area (Å²) < 4.78 is 2.81. The van der Waals surface area contributed by atoms with Crippen molar-refractivity contribution in [1.29, 1.82) is 0 Å². The highest BCUT2D eigenvalue weighted by molar-refractivity contribution is 9.10. The van der Waals surface area contributed by atoms with Crippen LogP contribution in [0.4, 0.5) is 0 Å². The van der Waals surface area contributed by atoms with Gasteiger partial charge in [-0.25, -0.2) is 5.10 Å². The Bertz CT molecular complexity index is 949. The van der Waals surface area contributed by atoms with Crippen molar-refractivity contribution in [3.8, 4) is 11.4 Å². The first kappa shape index (κ1) is 16.4. The summed E-state index contributed by atoms with van der Waals surface area (Å²) in [5, 5.41) is 12.3. The third kappa shape index (κ3) is 3.40. The van der Waals surface area contributed by atoms with Crippen LogP contribution in [0.1, 0.15) is 5.56 Å². The summed E-state index contributed by atoms with van der Waals surface area (Å²) >= 11 is 20.9. The number of aromatic amines is 1. The maximum Gasteiger partial charge on any atom is 0.216 e. The van der Waals surface area contributed by atoms with E-state index in [0.717, 1.165) is 10.0 Å². The standard InChI is InChI=1S/C15H9BrCl2N4S/c16-11-6-2-1-5-10(11)14-20-21-15(23)22(14)19-8-9-4-3-7-12(17)13(9)18/h1-8H,(H,21,23)/b19-8+. The van der Waals surface area contributed by atoms with E-state index in [9.17, 15) is 0 Å². The highest BCUT2D eigenvalue weighted by atomic mass is 79.9. The van der Waals surface area contributed by atoms with E-state index in [2.05, 4.69) is 31.2 Å². The monoisotopic (exact) mass is 426 g/mol. The fourth-order valence-electron chi connectivity index (χ4n) is 1.96. The number of rotatable bonds is 3. The van der Waals surface area contributed by atoms with Crippen LogP contribution in [0.2, 0.25) is 10.0 Å². The van der Waals surface area contributed by atoms with Gasteiger partial charge in [0.2, 0.25) is 4.77 Å². The van der Waals surface area contributed by atoms with Gasteiger partial charge in [-0.3, -0.25) is 0 Å². The first-order chi connectivity index (χ1) is 11.1. The zero-order valence-corrected chi connectivity index (χ0v) is 15.4. The molecule has 0 bridgehead atoms. The van der Waals surface area contributed by atoms with Crippen molar-refractivity contribution in [2.24, 2.45) is 5.10 Å². The third-order valence-electron chi connectivity index (χ3n) is 3.06. The molecule has 4 nitrogen and oxygen atoms in total. The lowest BCUT2D eigenvalue weighted by Gasteiger charge is -2.04. The van der Waals surface area contributed by atoms with Crippen molar-refractivity contribution >= 4 is 57.6 Å². The van der Waals surface area contributed by atoms with E-state index in [0.29, 0.717) is 26.2 Å². The highest BCUT2D eigenvalue weighted by Gasteiger charge is 2.11. The summed E-state index contributed by atoms with van der Waals surface area (Å²) in [7, 11) is 0. The first-order valence-electron chi connectivity index (χ1n) is 6.48. The van der Waals surface area contributed by atoms with E-state index >= 15 is 0 Å². The second-order valence-corrected chi connectivity index (χ2v) is 6.56. The lowest BCUT2D eigenvalue weighted by Crippen LogP contribution is -1.96. The van der Waals surface area contributed by atoms with E-state index in [1.165, 1.54) is 4.68 Å². The zero-order valence-electron chi connectivity index (χ0n) is 11.5. The molecule has 0 saturated carbocycles. The number of nitrogens with zero attached hydrogens (tertiary/aromatic N) is 3. The maximum atomic E-state index is 6.17. The summed E-state index contributed by atoms with van der Waals surface area (Å²) in [4.78, 5) is 0. The SMILES string of the molecule is S=c1[nH]nc(-c2ccccc2Br)n1/N=C/c1cccc(Cl)c1Cl. The van der Waals surface area contributed by atoms with Crippen molar-refractivity contribution in [3.05, 3.63) is 67.3 Å². The number of hydrogen-bond donors (Lipinski definition) is 1. The molecule has 8 heteroatoms. The van der Waals surface area contributed by atoms with E-state index in [1.807, 2.05) is 30.3 Å². The van der Waals surface area contributed by atoms with Gasteiger partial charge in [0.15, 0.2) is 5.82 Å². The molecule has 0 spiro atoms. The smallest absolute Gasteiger partial charge is 0.216 e. The average Bonchev–Trinajstić information content (AvgIpc) is 2.90. The maximum absolute atomic E-state index is 6.17. The minimum atomic E-state index is 0.380. The Balaban J connectivity index is 2.07. The van der Waals surface area contributed by atoms with Crippen LogP contribution in [0.25, 0.3) is 11.4 Å². The Hall–Kier alpha value is -1.47. The highest BCUT2D eigenvalue weighted by Crippen LogP contribution is 2.27. The molecule has 0 fully saturated rings. The summed E-state index contributed by atoms with van der Waals surface area (Å²) in [5.41, 5.74) is 1.56. The number of halogens is 3. The Morgan fingerprint density at radius 3 is 2.74 bits per heavy atom. The van der Waals surface area contributed by atoms with Gasteiger partial charge >= 0.3 is 0 Å². The van der Waals surface area contributed by atoms with Gasteiger partial charge in [-0.2, -0.15) is 14.9 Å². The van der Waals surface area contributed by atoms with Gasteiger partial charge in [0, 0.05) is 15.6 Å². The molecule has 1 N–H and O–H groups in total. The van der Waals surface area contributed by atoms with Gasteiger partial charge in [0.05, 0.1) is 16.3 Å². The average molecular weight is 428 g/mol. The molecule has 3 aromatic rings. The molecule has 1 aromatic heterocycles. The Kier molecular flexibility index (Phi) is 4.96. The fraction of sp³-hybridized carbons (Fsp3) is 0. The Morgan fingerprint density at radius 1 is 1.17 bits per heavy atom. The molecule has 0 atom stereocenters. The minimum absolute atomic E-state index is 0.380. The molecule has 1 heterocycles. The lowest BCUT2D eigenvalue weighted by molar-refractivity contribution is 0.871. The normalized spacial score (nSPS) is 11.3. The first-order valence-corrected chi connectivity index (χ1v) is 8.44. The molecule has 0 aliphatic carbocycles. The third-order valence-corrected chi connectivity index (χ3v) is 4.85. The summed E-state index contributed by atoms with van der Waals surface area (Å²) in [5.74, 6) is 0.594. The van der Waals surface area contributed by atoms with Gasteiger partial charge in [-0.15, -0.1) is 0 Å². The van der Waals surface area contributed by atoms with Crippen molar-refractivity contribution in [2.75, 3.05) is 0 Å². The summed E-state index contributed by atoms with van der Waals surface area (Å²) in [6.07, 6.45) is 1.60. The molecule has 2 aromatic carbocycles. The lowest BCUT2D eigenvalue weighted by atomic mass is 10.2. The zero-order chi connectivity index (χ0) is 16.4. The molecule has 23 heavy (non-hydrogen) atoms. The minimum Gasteiger partial charge on any atom is -0.250 e. The number of benzene rings is 2.